The number of anilines is 2. The Morgan fingerprint density at radius 2 is 2.00 bits per heavy atom. The lowest BCUT2D eigenvalue weighted by atomic mass is 10.0. The lowest BCUT2D eigenvalue weighted by Gasteiger charge is -2.20. The minimum Gasteiger partial charge on any atom is -0.494 e. The highest BCUT2D eigenvalue weighted by atomic mass is 35.5. The van der Waals surface area contributed by atoms with Crippen molar-refractivity contribution < 1.29 is 14.3 Å². The molecule has 1 fully saturated rings. The molecule has 6 nitrogen and oxygen atoms in total. The van der Waals surface area contributed by atoms with E-state index in [1.54, 1.807) is 30.2 Å². The number of methoxy groups -OCH3 is 1. The lowest BCUT2D eigenvalue weighted by Crippen LogP contribution is -2.24. The molecule has 27 heavy (non-hydrogen) atoms. The van der Waals surface area contributed by atoms with Crippen LogP contribution in [-0.4, -0.2) is 25.5 Å². The topological polar surface area (TPSA) is 84.7 Å². The van der Waals surface area contributed by atoms with E-state index in [4.69, 9.17) is 10.5 Å². The highest BCUT2D eigenvalue weighted by Crippen LogP contribution is 2.34. The molecule has 1 aliphatic rings. The van der Waals surface area contributed by atoms with Crippen molar-refractivity contribution in [2.45, 2.75) is 25.3 Å². The second kappa shape index (κ2) is 9.39. The zero-order chi connectivity index (χ0) is 18.5. The molecule has 0 aliphatic carbocycles. The monoisotopic (exact) mass is 389 g/mol. The first-order valence-corrected chi connectivity index (χ1v) is 8.67. The maximum absolute atomic E-state index is 12.3. The van der Waals surface area contributed by atoms with Gasteiger partial charge in [-0.05, 0) is 24.1 Å². The molecule has 1 unspecified atom stereocenters. The number of benzene rings is 2. The number of nitrogens with zero attached hydrogens (tertiary/aromatic N) is 1. The van der Waals surface area contributed by atoms with Crippen LogP contribution < -0.4 is 20.7 Å². The standard InChI is InChI=1S/C20H23N3O3.ClH/c1-26-18-12-15(9-10-17(18)23-11-5-8-20(23)25)22-19(24)13-16(21)14-6-3-2-4-7-14;/h2-4,6-7,9-10,12,16H,5,8,11,13,21H2,1H3,(H,22,24);1H. The number of hydrogen-bond donors (Lipinski definition) is 2. The summed E-state index contributed by atoms with van der Waals surface area (Å²) >= 11 is 0. The lowest BCUT2D eigenvalue weighted by molar-refractivity contribution is -0.117. The molecule has 0 spiro atoms. The van der Waals surface area contributed by atoms with Gasteiger partial charge in [0, 0.05) is 37.2 Å². The maximum atomic E-state index is 12.3. The zero-order valence-electron chi connectivity index (χ0n) is 15.2. The Morgan fingerprint density at radius 1 is 1.26 bits per heavy atom. The molecule has 2 aromatic carbocycles. The quantitative estimate of drug-likeness (QED) is 0.794. The highest BCUT2D eigenvalue weighted by molar-refractivity contribution is 5.98. The number of nitrogens with one attached hydrogen (secondary N) is 1. The van der Waals surface area contributed by atoms with Crippen molar-refractivity contribution in [3.63, 3.8) is 0 Å². The Morgan fingerprint density at radius 3 is 2.63 bits per heavy atom. The second-order valence-corrected chi connectivity index (χ2v) is 6.31. The van der Waals surface area contributed by atoms with Crippen LogP contribution in [-0.2, 0) is 9.59 Å². The van der Waals surface area contributed by atoms with Crippen molar-refractivity contribution in [1.82, 2.24) is 0 Å². The summed E-state index contributed by atoms with van der Waals surface area (Å²) < 4.78 is 5.41. The first-order valence-electron chi connectivity index (χ1n) is 8.67. The van der Waals surface area contributed by atoms with Crippen LogP contribution in [0.2, 0.25) is 0 Å². The second-order valence-electron chi connectivity index (χ2n) is 6.31. The number of halogens is 1. The molecule has 144 valence electrons. The molecule has 0 radical (unpaired) electrons. The minimum absolute atomic E-state index is 0. The van der Waals surface area contributed by atoms with Crippen LogP contribution in [0.5, 0.6) is 5.75 Å². The van der Waals surface area contributed by atoms with Crippen molar-refractivity contribution in [3.8, 4) is 5.75 Å². The smallest absolute Gasteiger partial charge is 0.227 e. The van der Waals surface area contributed by atoms with Gasteiger partial charge in [0.2, 0.25) is 11.8 Å². The molecule has 0 aromatic heterocycles. The van der Waals surface area contributed by atoms with Crippen molar-refractivity contribution >= 4 is 35.6 Å². The Labute approximate surface area is 165 Å². The van der Waals surface area contributed by atoms with Crippen molar-refractivity contribution in [2.75, 3.05) is 23.9 Å². The maximum Gasteiger partial charge on any atom is 0.227 e. The number of carbonyl (C=O) groups excluding carboxylic acids is 2. The van der Waals surface area contributed by atoms with E-state index >= 15 is 0 Å². The van der Waals surface area contributed by atoms with E-state index in [9.17, 15) is 9.59 Å². The summed E-state index contributed by atoms with van der Waals surface area (Å²) in [4.78, 5) is 26.0. The number of nitrogens with two attached hydrogens (primary N) is 1. The fourth-order valence-electron chi connectivity index (χ4n) is 3.11. The Balaban J connectivity index is 0.00000261. The number of hydrogen-bond acceptors (Lipinski definition) is 4. The summed E-state index contributed by atoms with van der Waals surface area (Å²) in [5.41, 5.74) is 8.36. The van der Waals surface area contributed by atoms with Crippen LogP contribution in [0.1, 0.15) is 30.9 Å². The summed E-state index contributed by atoms with van der Waals surface area (Å²) in [6.45, 7) is 0.687. The van der Waals surface area contributed by atoms with Gasteiger partial charge in [-0.3, -0.25) is 9.59 Å². The summed E-state index contributed by atoms with van der Waals surface area (Å²) in [6, 6.07) is 14.5. The average Bonchev–Trinajstić information content (AvgIpc) is 3.08. The van der Waals surface area contributed by atoms with Gasteiger partial charge < -0.3 is 20.7 Å². The summed E-state index contributed by atoms with van der Waals surface area (Å²) in [5.74, 6) is 0.479. The van der Waals surface area contributed by atoms with Crippen LogP contribution >= 0.6 is 12.4 Å². The molecular formula is C20H24ClN3O3. The molecule has 1 atom stereocenters. The fourth-order valence-corrected chi connectivity index (χ4v) is 3.11. The van der Waals surface area contributed by atoms with E-state index in [1.807, 2.05) is 30.3 Å². The SMILES string of the molecule is COc1cc(NC(=O)CC(N)c2ccccc2)ccc1N1CCCC1=O.Cl. The van der Waals surface area contributed by atoms with Crippen LogP contribution in [0, 0.1) is 0 Å². The predicted octanol–water partition coefficient (Wildman–Crippen LogP) is 3.27. The van der Waals surface area contributed by atoms with Gasteiger partial charge in [-0.25, -0.2) is 0 Å². The van der Waals surface area contributed by atoms with Gasteiger partial charge in [0.05, 0.1) is 12.8 Å². The first kappa shape index (κ1) is 20.7. The van der Waals surface area contributed by atoms with Gasteiger partial charge in [0.25, 0.3) is 0 Å². The number of amides is 2. The average molecular weight is 390 g/mol. The number of carbonyl (C=O) groups is 2. The molecule has 0 bridgehead atoms. The predicted molar refractivity (Wildman–Crippen MR) is 108 cm³/mol. The molecule has 1 saturated heterocycles. The summed E-state index contributed by atoms with van der Waals surface area (Å²) in [6.07, 6.45) is 1.58. The molecule has 2 aromatic rings. The van der Waals surface area contributed by atoms with E-state index < -0.39 is 0 Å². The Bertz CT molecular complexity index is 798. The molecule has 1 heterocycles. The number of ether oxygens (including phenoxy) is 1. The molecule has 3 N–H and O–H groups in total. The van der Waals surface area contributed by atoms with Gasteiger partial charge in [0.1, 0.15) is 5.75 Å². The van der Waals surface area contributed by atoms with E-state index in [2.05, 4.69) is 5.32 Å². The fraction of sp³-hybridized carbons (Fsp3) is 0.300. The van der Waals surface area contributed by atoms with E-state index in [0.29, 0.717) is 24.4 Å². The first-order chi connectivity index (χ1) is 12.6. The van der Waals surface area contributed by atoms with E-state index in [1.165, 1.54) is 0 Å². The zero-order valence-corrected chi connectivity index (χ0v) is 16.0. The van der Waals surface area contributed by atoms with E-state index in [-0.39, 0.29) is 36.7 Å². The summed E-state index contributed by atoms with van der Waals surface area (Å²) in [5, 5.41) is 2.84. The molecular weight excluding hydrogens is 366 g/mol. The Kier molecular flexibility index (Phi) is 7.21. The molecule has 0 saturated carbocycles. The normalized spacial score (nSPS) is 14.4. The van der Waals surface area contributed by atoms with E-state index in [0.717, 1.165) is 17.7 Å². The van der Waals surface area contributed by atoms with Crippen molar-refractivity contribution in [3.05, 3.63) is 54.1 Å². The van der Waals surface area contributed by atoms with Crippen molar-refractivity contribution in [1.29, 1.82) is 0 Å². The summed E-state index contributed by atoms with van der Waals surface area (Å²) in [7, 11) is 1.55. The van der Waals surface area contributed by atoms with Crippen molar-refractivity contribution in [2.24, 2.45) is 5.73 Å². The third-order valence-corrected chi connectivity index (χ3v) is 4.46. The van der Waals surface area contributed by atoms with Gasteiger partial charge >= 0.3 is 0 Å². The third-order valence-electron chi connectivity index (χ3n) is 4.46. The minimum atomic E-state index is -0.361. The van der Waals surface area contributed by atoms with Crippen LogP contribution in [0.3, 0.4) is 0 Å². The largest absolute Gasteiger partial charge is 0.494 e. The van der Waals surface area contributed by atoms with Crippen LogP contribution in [0.4, 0.5) is 11.4 Å². The molecule has 2 amide bonds. The molecule has 1 aliphatic heterocycles. The third kappa shape index (κ3) is 4.99. The van der Waals surface area contributed by atoms with Gasteiger partial charge in [0.15, 0.2) is 0 Å². The van der Waals surface area contributed by atoms with Gasteiger partial charge in [-0.15, -0.1) is 12.4 Å². The molecule has 7 heteroatoms. The number of rotatable bonds is 6. The van der Waals surface area contributed by atoms with Crippen LogP contribution in [0.15, 0.2) is 48.5 Å². The Hall–Kier alpha value is -2.57. The molecule has 3 rings (SSSR count). The highest BCUT2D eigenvalue weighted by Gasteiger charge is 2.24. The van der Waals surface area contributed by atoms with Gasteiger partial charge in [-0.2, -0.15) is 0 Å². The van der Waals surface area contributed by atoms with Crippen LogP contribution in [0.25, 0.3) is 0 Å². The van der Waals surface area contributed by atoms with Gasteiger partial charge in [-0.1, -0.05) is 30.3 Å².